The fourth-order valence-electron chi connectivity index (χ4n) is 4.04. The second-order valence-corrected chi connectivity index (χ2v) is 9.50. The molecule has 1 heterocycles. The van der Waals surface area contributed by atoms with Crippen LogP contribution in [0.25, 0.3) is 11.1 Å². The van der Waals surface area contributed by atoms with E-state index in [1.54, 1.807) is 31.2 Å². The standard InChI is InChI=1S/C27H25F6N3O3/c1-15-8-6-7-9-19(15)20-13-22(36(5)24(38)39)34-14-21(20)35(4)23(37)25(2,3)16-10-17(26(28,29)30)12-18(11-16)27(31,32)33/h6-14H,1-5H3,(H,38,39). The lowest BCUT2D eigenvalue weighted by Gasteiger charge is -2.32. The number of halogens is 6. The van der Waals surface area contributed by atoms with Gasteiger partial charge in [-0.25, -0.2) is 9.78 Å². The Labute approximate surface area is 220 Å². The van der Waals surface area contributed by atoms with E-state index >= 15 is 0 Å². The van der Waals surface area contributed by atoms with Gasteiger partial charge in [0.15, 0.2) is 0 Å². The van der Waals surface area contributed by atoms with E-state index in [0.29, 0.717) is 23.3 Å². The molecule has 0 radical (unpaired) electrons. The molecule has 0 aliphatic heterocycles. The van der Waals surface area contributed by atoms with Gasteiger partial charge >= 0.3 is 18.4 Å². The summed E-state index contributed by atoms with van der Waals surface area (Å²) in [4.78, 5) is 31.3. The lowest BCUT2D eigenvalue weighted by Crippen LogP contribution is -2.42. The molecule has 3 aromatic rings. The van der Waals surface area contributed by atoms with Gasteiger partial charge in [-0.15, -0.1) is 0 Å². The van der Waals surface area contributed by atoms with Crippen LogP contribution in [0, 0.1) is 6.92 Å². The average molecular weight is 554 g/mol. The number of alkyl halides is 6. The summed E-state index contributed by atoms with van der Waals surface area (Å²) in [5.74, 6) is -0.775. The van der Waals surface area contributed by atoms with Crippen molar-refractivity contribution >= 4 is 23.5 Å². The smallest absolute Gasteiger partial charge is 0.416 e. The number of carbonyl (C=O) groups excluding carboxylic acids is 1. The first-order chi connectivity index (χ1) is 17.9. The molecule has 12 heteroatoms. The molecule has 0 aliphatic rings. The SMILES string of the molecule is Cc1ccccc1-c1cc(N(C)C(=O)O)ncc1N(C)C(=O)C(C)(C)c1cc(C(F)(F)F)cc(C(F)(F)F)c1. The van der Waals surface area contributed by atoms with Gasteiger partial charge in [0.25, 0.3) is 0 Å². The summed E-state index contributed by atoms with van der Waals surface area (Å²) in [5.41, 5.74) is -3.43. The highest BCUT2D eigenvalue weighted by Gasteiger charge is 2.41. The predicted octanol–water partition coefficient (Wildman–Crippen LogP) is 7.15. The third kappa shape index (κ3) is 5.99. The van der Waals surface area contributed by atoms with Crippen molar-refractivity contribution in [2.24, 2.45) is 0 Å². The van der Waals surface area contributed by atoms with Crippen LogP contribution in [0.4, 0.5) is 42.6 Å². The number of anilines is 2. The Morgan fingerprint density at radius 2 is 1.31 bits per heavy atom. The molecule has 0 bridgehead atoms. The predicted molar refractivity (Wildman–Crippen MR) is 134 cm³/mol. The summed E-state index contributed by atoms with van der Waals surface area (Å²) < 4.78 is 80.8. The minimum absolute atomic E-state index is 0.00561. The van der Waals surface area contributed by atoms with Gasteiger partial charge in [0.2, 0.25) is 5.91 Å². The van der Waals surface area contributed by atoms with Crippen LogP contribution >= 0.6 is 0 Å². The van der Waals surface area contributed by atoms with Gasteiger partial charge in [0.05, 0.1) is 28.4 Å². The number of pyridine rings is 1. The Hall–Kier alpha value is -4.09. The van der Waals surface area contributed by atoms with E-state index in [4.69, 9.17) is 0 Å². The van der Waals surface area contributed by atoms with Gasteiger partial charge in [-0.05, 0) is 61.7 Å². The zero-order chi connectivity index (χ0) is 29.5. The number of aryl methyl sites for hydroxylation is 1. The molecule has 6 nitrogen and oxygen atoms in total. The van der Waals surface area contributed by atoms with Crippen LogP contribution in [0.15, 0.2) is 54.7 Å². The van der Waals surface area contributed by atoms with Crippen molar-refractivity contribution in [3.05, 3.63) is 77.0 Å². The molecule has 0 fully saturated rings. The number of benzene rings is 2. The summed E-state index contributed by atoms with van der Waals surface area (Å²) in [5, 5.41) is 9.37. The van der Waals surface area contributed by atoms with Crippen LogP contribution in [0.3, 0.4) is 0 Å². The van der Waals surface area contributed by atoms with Crippen molar-refractivity contribution < 1.29 is 41.0 Å². The van der Waals surface area contributed by atoms with Crippen molar-refractivity contribution in [1.82, 2.24) is 4.98 Å². The number of nitrogens with zero attached hydrogens (tertiary/aromatic N) is 3. The van der Waals surface area contributed by atoms with E-state index in [-0.39, 0.29) is 17.6 Å². The summed E-state index contributed by atoms with van der Waals surface area (Å²) in [6.07, 6.45) is -10.2. The van der Waals surface area contributed by atoms with Crippen LogP contribution in [-0.2, 0) is 22.6 Å². The topological polar surface area (TPSA) is 73.7 Å². The molecule has 0 saturated heterocycles. The second-order valence-electron chi connectivity index (χ2n) is 9.50. The van der Waals surface area contributed by atoms with Crippen LogP contribution in [0.2, 0.25) is 0 Å². The average Bonchev–Trinajstić information content (AvgIpc) is 2.86. The quantitative estimate of drug-likeness (QED) is 0.341. The molecule has 39 heavy (non-hydrogen) atoms. The van der Waals surface area contributed by atoms with Crippen molar-refractivity contribution in [1.29, 1.82) is 0 Å². The number of rotatable bonds is 5. The van der Waals surface area contributed by atoms with Gasteiger partial charge < -0.3 is 10.0 Å². The number of carbonyl (C=O) groups is 2. The van der Waals surface area contributed by atoms with Crippen molar-refractivity contribution in [3.63, 3.8) is 0 Å². The molecule has 0 saturated carbocycles. The third-order valence-corrected chi connectivity index (χ3v) is 6.44. The maximum absolute atomic E-state index is 13.7. The molecule has 0 aliphatic carbocycles. The summed E-state index contributed by atoms with van der Waals surface area (Å²) in [6.45, 7) is 4.25. The number of hydrogen-bond acceptors (Lipinski definition) is 3. The number of carboxylic acid groups (broad SMARTS) is 1. The Morgan fingerprint density at radius 3 is 1.79 bits per heavy atom. The van der Waals surface area contributed by atoms with Gasteiger partial charge in [0.1, 0.15) is 5.82 Å². The summed E-state index contributed by atoms with van der Waals surface area (Å²) in [7, 11) is 2.59. The van der Waals surface area contributed by atoms with Gasteiger partial charge in [0, 0.05) is 19.7 Å². The number of hydrogen-bond donors (Lipinski definition) is 1. The number of aromatic nitrogens is 1. The molecule has 2 aromatic carbocycles. The zero-order valence-corrected chi connectivity index (χ0v) is 21.6. The highest BCUT2D eigenvalue weighted by molar-refractivity contribution is 6.03. The first-order valence-electron chi connectivity index (χ1n) is 11.5. The molecule has 2 amide bonds. The Bertz CT molecular complexity index is 1380. The van der Waals surface area contributed by atoms with Crippen molar-refractivity contribution in [3.8, 4) is 11.1 Å². The van der Waals surface area contributed by atoms with Gasteiger partial charge in [-0.2, -0.15) is 26.3 Å². The lowest BCUT2D eigenvalue weighted by molar-refractivity contribution is -0.143. The number of amides is 2. The molecule has 1 aromatic heterocycles. The largest absolute Gasteiger partial charge is 0.465 e. The Morgan fingerprint density at radius 1 is 0.795 bits per heavy atom. The maximum atomic E-state index is 13.7. The van der Waals surface area contributed by atoms with Crippen LogP contribution in [-0.4, -0.2) is 36.2 Å². The number of likely N-dealkylation sites (N-methyl/N-ethyl adjacent to an activating group) is 1. The first-order valence-corrected chi connectivity index (χ1v) is 11.5. The monoisotopic (exact) mass is 553 g/mol. The highest BCUT2D eigenvalue weighted by Crippen LogP contribution is 2.41. The lowest BCUT2D eigenvalue weighted by atomic mass is 9.81. The van der Waals surface area contributed by atoms with Crippen molar-refractivity contribution in [2.45, 2.75) is 38.5 Å². The zero-order valence-electron chi connectivity index (χ0n) is 21.6. The first kappa shape index (κ1) is 29.5. The molecular weight excluding hydrogens is 528 g/mol. The van der Waals surface area contributed by atoms with Gasteiger partial charge in [-0.3, -0.25) is 9.69 Å². The minimum atomic E-state index is -5.07. The molecule has 208 valence electrons. The maximum Gasteiger partial charge on any atom is 0.416 e. The Kier molecular flexibility index (Phi) is 7.73. The Balaban J connectivity index is 2.18. The van der Waals surface area contributed by atoms with E-state index in [0.717, 1.165) is 15.4 Å². The van der Waals surface area contributed by atoms with E-state index in [1.807, 2.05) is 0 Å². The van der Waals surface area contributed by atoms with E-state index < -0.39 is 46.5 Å². The highest BCUT2D eigenvalue weighted by atomic mass is 19.4. The minimum Gasteiger partial charge on any atom is -0.465 e. The van der Waals surface area contributed by atoms with Crippen LogP contribution in [0.5, 0.6) is 0 Å². The fraction of sp³-hybridized carbons (Fsp3) is 0.296. The van der Waals surface area contributed by atoms with E-state index in [1.165, 1.54) is 40.2 Å². The molecule has 0 unspecified atom stereocenters. The van der Waals surface area contributed by atoms with E-state index in [2.05, 4.69) is 4.98 Å². The molecular formula is C27H25F6N3O3. The summed E-state index contributed by atoms with van der Waals surface area (Å²) >= 11 is 0. The van der Waals surface area contributed by atoms with E-state index in [9.17, 15) is 41.0 Å². The molecule has 3 rings (SSSR count). The van der Waals surface area contributed by atoms with Crippen LogP contribution < -0.4 is 9.80 Å². The second kappa shape index (κ2) is 10.2. The summed E-state index contributed by atoms with van der Waals surface area (Å²) in [6, 6.07) is 9.52. The third-order valence-electron chi connectivity index (χ3n) is 6.44. The molecule has 0 atom stereocenters. The molecule has 1 N–H and O–H groups in total. The van der Waals surface area contributed by atoms with Gasteiger partial charge in [-0.1, -0.05) is 24.3 Å². The van der Waals surface area contributed by atoms with Crippen molar-refractivity contribution in [2.75, 3.05) is 23.9 Å². The fourth-order valence-corrected chi connectivity index (χ4v) is 4.04. The normalized spacial score (nSPS) is 12.3. The van der Waals surface area contributed by atoms with Crippen LogP contribution in [0.1, 0.15) is 36.1 Å². The molecule has 0 spiro atoms.